The number of para-hydroxylation sites is 1. The van der Waals surface area contributed by atoms with Crippen molar-refractivity contribution in [3.05, 3.63) is 76.7 Å². The van der Waals surface area contributed by atoms with Crippen LogP contribution in [-0.2, 0) is 6.54 Å². The molecule has 0 saturated heterocycles. The number of nitrogens with one attached hydrogen (secondary N) is 2. The van der Waals surface area contributed by atoms with E-state index < -0.39 is 0 Å². The molecule has 0 atom stereocenters. The first-order valence-electron chi connectivity index (χ1n) is 6.89. The first-order chi connectivity index (χ1) is 10.8. The van der Waals surface area contributed by atoms with E-state index in [-0.39, 0.29) is 5.91 Å². The molecular weight excluding hydrogens is 294 g/mol. The third-order valence-corrected chi connectivity index (χ3v) is 4.05. The first-order valence-corrected chi connectivity index (χ1v) is 7.77. The van der Waals surface area contributed by atoms with Gasteiger partial charge in [-0.1, -0.05) is 18.2 Å². The van der Waals surface area contributed by atoms with Crippen LogP contribution < -0.4 is 10.6 Å². The number of carbonyl (C=O) groups excluding carboxylic acids is 1. The highest BCUT2D eigenvalue weighted by molar-refractivity contribution is 7.12. The third kappa shape index (κ3) is 3.51. The van der Waals surface area contributed by atoms with Crippen LogP contribution >= 0.6 is 11.3 Å². The van der Waals surface area contributed by atoms with E-state index in [1.54, 1.807) is 12.4 Å². The Morgan fingerprint density at radius 3 is 2.59 bits per heavy atom. The number of carbonyl (C=O) groups is 1. The van der Waals surface area contributed by atoms with Crippen molar-refractivity contribution in [2.75, 3.05) is 10.6 Å². The minimum Gasteiger partial charge on any atom is -0.380 e. The molecule has 3 rings (SSSR count). The molecule has 3 aromatic rings. The molecule has 110 valence electrons. The summed E-state index contributed by atoms with van der Waals surface area (Å²) in [6.07, 6.45) is 3.52. The maximum absolute atomic E-state index is 12.4. The summed E-state index contributed by atoms with van der Waals surface area (Å²) in [7, 11) is 0. The standard InChI is InChI=1S/C17H15N3OS/c21-17(20-14-4-2-1-3-5-14)16-15(8-11-22-16)19-12-13-6-9-18-10-7-13/h1-11,19H,12H2,(H,20,21). The van der Waals surface area contributed by atoms with Crippen LogP contribution in [0.4, 0.5) is 11.4 Å². The van der Waals surface area contributed by atoms with E-state index in [9.17, 15) is 4.79 Å². The molecule has 2 N–H and O–H groups in total. The number of thiophene rings is 1. The number of hydrogen-bond acceptors (Lipinski definition) is 4. The lowest BCUT2D eigenvalue weighted by Gasteiger charge is -2.08. The van der Waals surface area contributed by atoms with E-state index in [1.165, 1.54) is 11.3 Å². The number of hydrogen-bond donors (Lipinski definition) is 2. The molecule has 2 aromatic heterocycles. The fourth-order valence-corrected chi connectivity index (χ4v) is 2.80. The van der Waals surface area contributed by atoms with Gasteiger partial charge in [-0.2, -0.15) is 0 Å². The zero-order valence-electron chi connectivity index (χ0n) is 11.8. The molecular formula is C17H15N3OS. The Labute approximate surface area is 132 Å². The third-order valence-electron chi connectivity index (χ3n) is 3.14. The molecule has 0 aliphatic heterocycles. The van der Waals surface area contributed by atoms with Gasteiger partial charge in [0.2, 0.25) is 0 Å². The molecule has 4 nitrogen and oxygen atoms in total. The van der Waals surface area contributed by atoms with E-state index in [0.29, 0.717) is 11.4 Å². The molecule has 1 amide bonds. The van der Waals surface area contributed by atoms with Crippen molar-refractivity contribution < 1.29 is 4.79 Å². The average Bonchev–Trinajstić information content (AvgIpc) is 3.03. The lowest BCUT2D eigenvalue weighted by molar-refractivity contribution is 0.103. The number of nitrogens with zero attached hydrogens (tertiary/aromatic N) is 1. The van der Waals surface area contributed by atoms with Crippen LogP contribution in [0.2, 0.25) is 0 Å². The molecule has 0 fully saturated rings. The van der Waals surface area contributed by atoms with Crippen LogP contribution in [0.5, 0.6) is 0 Å². The summed E-state index contributed by atoms with van der Waals surface area (Å²) in [6, 6.07) is 15.3. The summed E-state index contributed by atoms with van der Waals surface area (Å²) in [5, 5.41) is 8.11. The van der Waals surface area contributed by atoms with Crippen molar-refractivity contribution in [3.8, 4) is 0 Å². The zero-order valence-corrected chi connectivity index (χ0v) is 12.6. The molecule has 0 spiro atoms. The second kappa shape index (κ2) is 6.87. The summed E-state index contributed by atoms with van der Waals surface area (Å²) in [4.78, 5) is 17.0. The lowest BCUT2D eigenvalue weighted by Crippen LogP contribution is -2.12. The highest BCUT2D eigenvalue weighted by atomic mass is 32.1. The van der Waals surface area contributed by atoms with Crippen LogP contribution in [0.1, 0.15) is 15.2 Å². The van der Waals surface area contributed by atoms with E-state index in [0.717, 1.165) is 16.9 Å². The Kier molecular flexibility index (Phi) is 4.46. The Hall–Kier alpha value is -2.66. The SMILES string of the molecule is O=C(Nc1ccccc1)c1sccc1NCc1ccncc1. The smallest absolute Gasteiger partial charge is 0.267 e. The minimum absolute atomic E-state index is 0.0987. The van der Waals surface area contributed by atoms with E-state index in [4.69, 9.17) is 0 Å². The van der Waals surface area contributed by atoms with E-state index >= 15 is 0 Å². The Bertz CT molecular complexity index is 741. The number of aromatic nitrogens is 1. The normalized spacial score (nSPS) is 10.2. The number of rotatable bonds is 5. The summed E-state index contributed by atoms with van der Waals surface area (Å²) >= 11 is 1.43. The number of anilines is 2. The molecule has 0 bridgehead atoms. The summed E-state index contributed by atoms with van der Waals surface area (Å²) in [6.45, 7) is 0.658. The van der Waals surface area contributed by atoms with Crippen molar-refractivity contribution in [3.63, 3.8) is 0 Å². The lowest BCUT2D eigenvalue weighted by atomic mass is 10.2. The number of amides is 1. The quantitative estimate of drug-likeness (QED) is 0.749. The van der Waals surface area contributed by atoms with Gasteiger partial charge in [0.05, 0.1) is 5.69 Å². The molecule has 0 unspecified atom stereocenters. The van der Waals surface area contributed by atoms with E-state index in [2.05, 4.69) is 15.6 Å². The molecule has 5 heteroatoms. The van der Waals surface area contributed by atoms with Crippen LogP contribution in [0.3, 0.4) is 0 Å². The van der Waals surface area contributed by atoms with Gasteiger partial charge in [0.15, 0.2) is 0 Å². The Morgan fingerprint density at radius 2 is 1.82 bits per heavy atom. The fraction of sp³-hybridized carbons (Fsp3) is 0.0588. The minimum atomic E-state index is -0.0987. The fourth-order valence-electron chi connectivity index (χ4n) is 2.03. The van der Waals surface area contributed by atoms with Gasteiger partial charge >= 0.3 is 0 Å². The molecule has 0 aliphatic carbocycles. The van der Waals surface area contributed by atoms with Crippen molar-refractivity contribution in [2.24, 2.45) is 0 Å². The van der Waals surface area contributed by atoms with Gasteiger partial charge in [-0.3, -0.25) is 9.78 Å². The van der Waals surface area contributed by atoms with Gasteiger partial charge in [0, 0.05) is 24.6 Å². The van der Waals surface area contributed by atoms with Gasteiger partial charge in [-0.25, -0.2) is 0 Å². The highest BCUT2D eigenvalue weighted by Crippen LogP contribution is 2.24. The Morgan fingerprint density at radius 1 is 1.05 bits per heavy atom. The molecule has 22 heavy (non-hydrogen) atoms. The van der Waals surface area contributed by atoms with Crippen LogP contribution in [0, 0.1) is 0 Å². The monoisotopic (exact) mass is 309 g/mol. The maximum atomic E-state index is 12.4. The van der Waals surface area contributed by atoms with Crippen LogP contribution in [0.15, 0.2) is 66.3 Å². The zero-order chi connectivity index (χ0) is 15.2. The van der Waals surface area contributed by atoms with Crippen LogP contribution in [-0.4, -0.2) is 10.9 Å². The largest absolute Gasteiger partial charge is 0.380 e. The van der Waals surface area contributed by atoms with E-state index in [1.807, 2.05) is 53.9 Å². The van der Waals surface area contributed by atoms with Gasteiger partial charge in [0.25, 0.3) is 5.91 Å². The Balaban J connectivity index is 1.68. The summed E-state index contributed by atoms with van der Waals surface area (Å²) < 4.78 is 0. The van der Waals surface area contributed by atoms with Crippen molar-refractivity contribution >= 4 is 28.6 Å². The van der Waals surface area contributed by atoms with Crippen molar-refractivity contribution in [1.82, 2.24) is 4.98 Å². The average molecular weight is 309 g/mol. The maximum Gasteiger partial charge on any atom is 0.267 e. The predicted octanol–water partition coefficient (Wildman–Crippen LogP) is 4.01. The molecule has 0 radical (unpaired) electrons. The number of pyridine rings is 1. The van der Waals surface area contributed by atoms with Gasteiger partial charge < -0.3 is 10.6 Å². The molecule has 2 heterocycles. The van der Waals surface area contributed by atoms with Gasteiger partial charge in [-0.05, 0) is 41.3 Å². The van der Waals surface area contributed by atoms with Crippen molar-refractivity contribution in [2.45, 2.75) is 6.54 Å². The van der Waals surface area contributed by atoms with Gasteiger partial charge in [-0.15, -0.1) is 11.3 Å². The predicted molar refractivity (Wildman–Crippen MR) is 90.3 cm³/mol. The topological polar surface area (TPSA) is 54.0 Å². The second-order valence-electron chi connectivity index (χ2n) is 4.69. The molecule has 0 saturated carbocycles. The first kappa shape index (κ1) is 14.3. The molecule has 0 aliphatic rings. The molecule has 1 aromatic carbocycles. The number of benzene rings is 1. The van der Waals surface area contributed by atoms with Crippen molar-refractivity contribution in [1.29, 1.82) is 0 Å². The van der Waals surface area contributed by atoms with Gasteiger partial charge in [0.1, 0.15) is 4.88 Å². The summed E-state index contributed by atoms with van der Waals surface area (Å²) in [5.74, 6) is -0.0987. The highest BCUT2D eigenvalue weighted by Gasteiger charge is 2.13. The summed E-state index contributed by atoms with van der Waals surface area (Å²) in [5.41, 5.74) is 2.76. The second-order valence-corrected chi connectivity index (χ2v) is 5.61. The van der Waals surface area contributed by atoms with Crippen LogP contribution in [0.25, 0.3) is 0 Å².